The smallest absolute Gasteiger partial charge is 0.264 e. The molecule has 214 valence electrons. The Bertz CT molecular complexity index is 1470. The number of aryl methyl sites for hydroxylation is 3. The van der Waals surface area contributed by atoms with Crippen molar-refractivity contribution in [2.75, 3.05) is 10.8 Å². The Kier molecular flexibility index (Phi) is 10.3. The van der Waals surface area contributed by atoms with Crippen LogP contribution in [0.4, 0.5) is 5.69 Å². The average Bonchev–Trinajstić information content (AvgIpc) is 2.87. The Morgan fingerprint density at radius 2 is 1.45 bits per heavy atom. The second kappa shape index (κ2) is 13.1. The molecule has 1 N–H and O–H groups in total. The fourth-order valence-corrected chi connectivity index (χ4v) is 6.27. The zero-order valence-corrected chi connectivity index (χ0v) is 25.9. The molecule has 3 aromatic rings. The second-order valence-corrected chi connectivity index (χ2v) is 12.9. The monoisotopic (exact) mass is 603 g/mol. The molecule has 0 unspecified atom stereocenters. The van der Waals surface area contributed by atoms with E-state index in [4.69, 9.17) is 23.2 Å². The van der Waals surface area contributed by atoms with Crippen LogP contribution in [0.15, 0.2) is 65.6 Å². The van der Waals surface area contributed by atoms with Crippen LogP contribution < -0.4 is 9.62 Å². The Labute approximate surface area is 247 Å². The summed E-state index contributed by atoms with van der Waals surface area (Å²) in [6.07, 6.45) is 0. The van der Waals surface area contributed by atoms with Gasteiger partial charge in [-0.25, -0.2) is 8.42 Å². The number of hydrogen-bond donors (Lipinski definition) is 1. The van der Waals surface area contributed by atoms with Gasteiger partial charge in [-0.05, 0) is 77.4 Å². The van der Waals surface area contributed by atoms with E-state index in [1.165, 1.54) is 17.0 Å². The summed E-state index contributed by atoms with van der Waals surface area (Å²) in [6, 6.07) is 15.7. The predicted octanol–water partition coefficient (Wildman–Crippen LogP) is 6.06. The molecule has 3 aromatic carbocycles. The maximum Gasteiger partial charge on any atom is 0.264 e. The highest BCUT2D eigenvalue weighted by atomic mass is 35.5. The summed E-state index contributed by atoms with van der Waals surface area (Å²) in [5.41, 5.74) is 3.38. The van der Waals surface area contributed by atoms with E-state index in [1.54, 1.807) is 56.3 Å². The van der Waals surface area contributed by atoms with Crippen LogP contribution in [0.2, 0.25) is 10.0 Å². The Hall–Kier alpha value is -3.07. The maximum atomic E-state index is 14.0. The molecule has 1 atom stereocenters. The molecule has 0 aromatic heterocycles. The van der Waals surface area contributed by atoms with Gasteiger partial charge in [0.1, 0.15) is 12.6 Å². The average molecular weight is 605 g/mol. The van der Waals surface area contributed by atoms with Crippen molar-refractivity contribution in [2.24, 2.45) is 0 Å². The first-order valence-corrected chi connectivity index (χ1v) is 15.1. The van der Waals surface area contributed by atoms with E-state index in [9.17, 15) is 18.0 Å². The van der Waals surface area contributed by atoms with Gasteiger partial charge in [0.05, 0.1) is 10.6 Å². The van der Waals surface area contributed by atoms with Crippen LogP contribution in [0.1, 0.15) is 43.0 Å². The topological polar surface area (TPSA) is 86.8 Å². The number of amides is 2. The van der Waals surface area contributed by atoms with E-state index in [0.717, 1.165) is 15.4 Å². The Morgan fingerprint density at radius 1 is 0.875 bits per heavy atom. The van der Waals surface area contributed by atoms with Crippen molar-refractivity contribution < 1.29 is 18.0 Å². The lowest BCUT2D eigenvalue weighted by Gasteiger charge is -2.33. The van der Waals surface area contributed by atoms with E-state index >= 15 is 0 Å². The van der Waals surface area contributed by atoms with E-state index < -0.39 is 28.5 Å². The molecule has 40 heavy (non-hydrogen) atoms. The third-order valence-corrected chi connectivity index (χ3v) is 8.98. The number of hydrogen-bond acceptors (Lipinski definition) is 4. The maximum absolute atomic E-state index is 14.0. The molecule has 0 saturated heterocycles. The first kappa shape index (κ1) is 31.5. The van der Waals surface area contributed by atoms with Crippen LogP contribution in [-0.4, -0.2) is 43.8 Å². The molecule has 3 rings (SSSR count). The zero-order valence-electron chi connectivity index (χ0n) is 23.5. The molecule has 0 saturated carbocycles. The molecule has 0 heterocycles. The third kappa shape index (κ3) is 7.36. The number of benzene rings is 3. The minimum absolute atomic E-state index is 0.0529. The van der Waals surface area contributed by atoms with Gasteiger partial charge in [0, 0.05) is 28.2 Å². The van der Waals surface area contributed by atoms with Crippen molar-refractivity contribution in [3.8, 4) is 0 Å². The Balaban J connectivity index is 2.11. The fourth-order valence-electron chi connectivity index (χ4n) is 4.28. The van der Waals surface area contributed by atoms with Gasteiger partial charge in [0.25, 0.3) is 10.0 Å². The molecule has 0 aliphatic heterocycles. The van der Waals surface area contributed by atoms with Gasteiger partial charge in [-0.1, -0.05) is 64.7 Å². The molecule has 0 aliphatic carbocycles. The lowest BCUT2D eigenvalue weighted by Crippen LogP contribution is -2.52. The molecule has 0 fully saturated rings. The lowest BCUT2D eigenvalue weighted by molar-refractivity contribution is -0.139. The number of sulfonamides is 1. The lowest BCUT2D eigenvalue weighted by atomic mass is 10.1. The van der Waals surface area contributed by atoms with Gasteiger partial charge in [-0.3, -0.25) is 13.9 Å². The van der Waals surface area contributed by atoms with E-state index in [-0.39, 0.29) is 23.4 Å². The highest BCUT2D eigenvalue weighted by molar-refractivity contribution is 7.92. The van der Waals surface area contributed by atoms with Crippen LogP contribution in [0.5, 0.6) is 0 Å². The van der Waals surface area contributed by atoms with Crippen LogP contribution in [-0.2, 0) is 26.2 Å². The summed E-state index contributed by atoms with van der Waals surface area (Å²) in [5.74, 6) is -0.968. The van der Waals surface area contributed by atoms with Crippen molar-refractivity contribution in [1.29, 1.82) is 0 Å². The second-order valence-electron chi connectivity index (χ2n) is 10.2. The fraction of sp³-hybridized carbons (Fsp3) is 0.333. The number of rotatable bonds is 10. The highest BCUT2D eigenvalue weighted by Crippen LogP contribution is 2.30. The van der Waals surface area contributed by atoms with Crippen molar-refractivity contribution in [3.63, 3.8) is 0 Å². The number of halogens is 2. The van der Waals surface area contributed by atoms with E-state index in [1.807, 2.05) is 33.8 Å². The van der Waals surface area contributed by atoms with E-state index in [0.29, 0.717) is 26.9 Å². The number of nitrogens with zero attached hydrogens (tertiary/aromatic N) is 2. The van der Waals surface area contributed by atoms with Crippen molar-refractivity contribution in [2.45, 2.75) is 65.1 Å². The minimum atomic E-state index is -4.16. The normalized spacial score (nSPS) is 12.2. The zero-order chi connectivity index (χ0) is 29.8. The predicted molar refractivity (Wildman–Crippen MR) is 161 cm³/mol. The summed E-state index contributed by atoms with van der Waals surface area (Å²) in [4.78, 5) is 28.5. The summed E-state index contributed by atoms with van der Waals surface area (Å²) < 4.78 is 29.1. The van der Waals surface area contributed by atoms with Crippen LogP contribution in [0, 0.1) is 20.8 Å². The minimum Gasteiger partial charge on any atom is -0.352 e. The molecule has 0 bridgehead atoms. The number of carbonyl (C=O) groups excluding carboxylic acids is 2. The summed E-state index contributed by atoms with van der Waals surface area (Å²) in [7, 11) is -4.16. The number of anilines is 1. The SMILES string of the molecule is Cc1ccc(S(=O)(=O)N(CC(=O)N(Cc2c(Cl)cccc2Cl)[C@H](C)C(=O)NC(C)C)c2ccc(C)cc2C)cc1. The molecular weight excluding hydrogens is 569 g/mol. The van der Waals surface area contributed by atoms with Gasteiger partial charge < -0.3 is 10.2 Å². The molecule has 0 spiro atoms. The molecule has 10 heteroatoms. The summed E-state index contributed by atoms with van der Waals surface area (Å²) >= 11 is 12.8. The van der Waals surface area contributed by atoms with Gasteiger partial charge >= 0.3 is 0 Å². The molecule has 2 amide bonds. The van der Waals surface area contributed by atoms with Gasteiger partial charge in [-0.15, -0.1) is 0 Å². The standard InChI is InChI=1S/C30H35Cl2N3O4S/c1-19(2)33-30(37)23(6)34(17-25-26(31)8-7-9-27(25)32)29(36)18-35(28-15-12-21(4)16-22(28)5)40(38,39)24-13-10-20(3)11-14-24/h7-16,19,23H,17-18H2,1-6H3,(H,33,37)/t23-/m1/s1. The summed E-state index contributed by atoms with van der Waals surface area (Å²) in [5, 5.41) is 3.49. The molecular formula is C30H35Cl2N3O4S. The van der Waals surface area contributed by atoms with E-state index in [2.05, 4.69) is 5.32 Å². The quantitative estimate of drug-likeness (QED) is 0.305. The van der Waals surface area contributed by atoms with Gasteiger partial charge in [0.2, 0.25) is 11.8 Å². The Morgan fingerprint density at radius 3 is 2.00 bits per heavy atom. The van der Waals surface area contributed by atoms with Crippen molar-refractivity contribution >= 4 is 50.7 Å². The van der Waals surface area contributed by atoms with Crippen molar-refractivity contribution in [1.82, 2.24) is 10.2 Å². The third-order valence-electron chi connectivity index (χ3n) is 6.50. The largest absolute Gasteiger partial charge is 0.352 e. The van der Waals surface area contributed by atoms with Gasteiger partial charge in [0.15, 0.2) is 0 Å². The van der Waals surface area contributed by atoms with Gasteiger partial charge in [-0.2, -0.15) is 0 Å². The molecule has 0 aliphatic rings. The first-order chi connectivity index (χ1) is 18.7. The summed E-state index contributed by atoms with van der Waals surface area (Å²) in [6.45, 7) is 10.2. The van der Waals surface area contributed by atoms with Crippen molar-refractivity contribution in [3.05, 3.63) is 93.0 Å². The van der Waals surface area contributed by atoms with Crippen LogP contribution >= 0.6 is 23.2 Å². The molecule has 7 nitrogen and oxygen atoms in total. The first-order valence-electron chi connectivity index (χ1n) is 12.9. The number of nitrogens with one attached hydrogen (secondary N) is 1. The number of carbonyl (C=O) groups is 2. The van der Waals surface area contributed by atoms with Crippen LogP contribution in [0.3, 0.4) is 0 Å². The highest BCUT2D eigenvalue weighted by Gasteiger charge is 2.33. The van der Waals surface area contributed by atoms with Crippen LogP contribution in [0.25, 0.3) is 0 Å². The molecule has 0 radical (unpaired) electrons.